The number of aromatic nitrogens is 1. The highest BCUT2D eigenvalue weighted by Gasteiger charge is 2.07. The molecule has 1 aromatic heterocycles. The average Bonchev–Trinajstić information content (AvgIpc) is 2.49. The van der Waals surface area contributed by atoms with Gasteiger partial charge >= 0.3 is 0 Å². The Bertz CT molecular complexity index is 656. The number of pyridine rings is 1. The van der Waals surface area contributed by atoms with Crippen molar-refractivity contribution in [2.24, 2.45) is 5.92 Å². The number of hydrogen-bond donors (Lipinski definition) is 0. The molecule has 102 valence electrons. The van der Waals surface area contributed by atoms with Crippen LogP contribution in [-0.4, -0.2) is 4.57 Å². The SMILES string of the molecule is CC(C#N)Cn1cccc(OCc2ccccc2)c1=O. The predicted molar refractivity (Wildman–Crippen MR) is 76.3 cm³/mol. The van der Waals surface area contributed by atoms with Gasteiger partial charge in [0.1, 0.15) is 6.61 Å². The fourth-order valence-corrected chi connectivity index (χ4v) is 1.84. The van der Waals surface area contributed by atoms with Gasteiger partial charge in [0.25, 0.3) is 5.56 Å². The largest absolute Gasteiger partial charge is 0.483 e. The van der Waals surface area contributed by atoms with Gasteiger partial charge in [-0.3, -0.25) is 4.79 Å². The van der Waals surface area contributed by atoms with Gasteiger partial charge in [-0.1, -0.05) is 30.3 Å². The molecule has 0 saturated carbocycles. The molecule has 0 amide bonds. The van der Waals surface area contributed by atoms with Crippen LogP contribution >= 0.6 is 0 Å². The van der Waals surface area contributed by atoms with Crippen LogP contribution in [-0.2, 0) is 13.2 Å². The Morgan fingerprint density at radius 3 is 2.70 bits per heavy atom. The maximum Gasteiger partial charge on any atom is 0.292 e. The standard InChI is InChI=1S/C16H16N2O2/c1-13(10-17)11-18-9-5-8-15(16(18)19)20-12-14-6-3-2-4-7-14/h2-9,13H,11-12H2,1H3. The van der Waals surface area contributed by atoms with Gasteiger partial charge in [-0.05, 0) is 24.6 Å². The second-order valence-corrected chi connectivity index (χ2v) is 4.63. The van der Waals surface area contributed by atoms with Crippen LogP contribution < -0.4 is 10.3 Å². The van der Waals surface area contributed by atoms with E-state index in [1.807, 2.05) is 30.3 Å². The summed E-state index contributed by atoms with van der Waals surface area (Å²) in [6.07, 6.45) is 1.67. The van der Waals surface area contributed by atoms with Gasteiger partial charge in [0.05, 0.1) is 12.0 Å². The topological polar surface area (TPSA) is 55.0 Å². The first kappa shape index (κ1) is 13.9. The van der Waals surface area contributed by atoms with Crippen molar-refractivity contribution >= 4 is 0 Å². The minimum atomic E-state index is -0.211. The van der Waals surface area contributed by atoms with Crippen molar-refractivity contribution in [1.82, 2.24) is 4.57 Å². The van der Waals surface area contributed by atoms with E-state index >= 15 is 0 Å². The first-order valence-corrected chi connectivity index (χ1v) is 6.46. The van der Waals surface area contributed by atoms with E-state index in [2.05, 4.69) is 6.07 Å². The molecule has 4 heteroatoms. The van der Waals surface area contributed by atoms with Gasteiger partial charge < -0.3 is 9.30 Å². The van der Waals surface area contributed by atoms with E-state index in [0.717, 1.165) is 5.56 Å². The fourth-order valence-electron chi connectivity index (χ4n) is 1.84. The van der Waals surface area contributed by atoms with Crippen LogP contribution in [0.1, 0.15) is 12.5 Å². The summed E-state index contributed by atoms with van der Waals surface area (Å²) in [5.41, 5.74) is 0.804. The quantitative estimate of drug-likeness (QED) is 0.837. The summed E-state index contributed by atoms with van der Waals surface area (Å²) in [6, 6.07) is 15.2. The number of benzene rings is 1. The molecular weight excluding hydrogens is 252 g/mol. The molecule has 2 aromatic rings. The third-order valence-electron chi connectivity index (χ3n) is 2.91. The van der Waals surface area contributed by atoms with Crippen LogP contribution in [0.2, 0.25) is 0 Å². The van der Waals surface area contributed by atoms with E-state index in [4.69, 9.17) is 10.00 Å². The monoisotopic (exact) mass is 268 g/mol. The van der Waals surface area contributed by atoms with Crippen molar-refractivity contribution in [3.8, 4) is 11.8 Å². The molecule has 0 aliphatic rings. The van der Waals surface area contributed by atoms with Crippen molar-refractivity contribution in [2.45, 2.75) is 20.1 Å². The normalized spacial score (nSPS) is 11.6. The third-order valence-corrected chi connectivity index (χ3v) is 2.91. The first-order valence-electron chi connectivity index (χ1n) is 6.46. The molecule has 0 saturated heterocycles. The molecule has 0 aliphatic carbocycles. The summed E-state index contributed by atoms with van der Waals surface area (Å²) in [7, 11) is 0. The third kappa shape index (κ3) is 3.48. The van der Waals surface area contributed by atoms with Gasteiger partial charge in [0.2, 0.25) is 0 Å². The highest BCUT2D eigenvalue weighted by atomic mass is 16.5. The molecule has 2 rings (SSSR count). The van der Waals surface area contributed by atoms with Crippen molar-refractivity contribution in [1.29, 1.82) is 5.26 Å². The Morgan fingerprint density at radius 2 is 2.00 bits per heavy atom. The van der Waals surface area contributed by atoms with E-state index in [9.17, 15) is 4.79 Å². The summed E-state index contributed by atoms with van der Waals surface area (Å²) < 4.78 is 7.07. The van der Waals surface area contributed by atoms with E-state index in [0.29, 0.717) is 18.9 Å². The van der Waals surface area contributed by atoms with Gasteiger partial charge in [-0.15, -0.1) is 0 Å². The molecular formula is C16H16N2O2. The molecule has 4 nitrogen and oxygen atoms in total. The van der Waals surface area contributed by atoms with Crippen LogP contribution in [0.4, 0.5) is 0 Å². The van der Waals surface area contributed by atoms with Gasteiger partial charge in [-0.2, -0.15) is 5.26 Å². The van der Waals surface area contributed by atoms with Crippen molar-refractivity contribution in [3.05, 3.63) is 64.6 Å². The number of ether oxygens (including phenoxy) is 1. The lowest BCUT2D eigenvalue weighted by Crippen LogP contribution is -2.23. The molecule has 1 unspecified atom stereocenters. The second kappa shape index (κ2) is 6.58. The zero-order valence-electron chi connectivity index (χ0n) is 11.3. The van der Waals surface area contributed by atoms with Crippen LogP contribution in [0.3, 0.4) is 0 Å². The summed E-state index contributed by atoms with van der Waals surface area (Å²) in [6.45, 7) is 2.51. The van der Waals surface area contributed by atoms with E-state index < -0.39 is 0 Å². The molecule has 20 heavy (non-hydrogen) atoms. The second-order valence-electron chi connectivity index (χ2n) is 4.63. The molecule has 0 N–H and O–H groups in total. The van der Waals surface area contributed by atoms with Gasteiger partial charge in [-0.25, -0.2) is 0 Å². The highest BCUT2D eigenvalue weighted by molar-refractivity contribution is 5.19. The summed E-state index contributed by atoms with van der Waals surface area (Å²) in [4.78, 5) is 12.2. The molecule has 0 spiro atoms. The van der Waals surface area contributed by atoms with Gasteiger partial charge in [0, 0.05) is 12.7 Å². The Balaban J connectivity index is 2.11. The van der Waals surface area contributed by atoms with E-state index in [1.165, 1.54) is 4.57 Å². The molecule has 0 bridgehead atoms. The summed E-state index contributed by atoms with van der Waals surface area (Å²) in [5, 5.41) is 8.81. The smallest absolute Gasteiger partial charge is 0.292 e. The zero-order valence-corrected chi connectivity index (χ0v) is 11.3. The number of nitriles is 1. The summed E-state index contributed by atoms with van der Waals surface area (Å²) >= 11 is 0. The van der Waals surface area contributed by atoms with Crippen LogP contribution in [0.15, 0.2) is 53.5 Å². The molecule has 1 aromatic carbocycles. The maximum atomic E-state index is 12.2. The number of rotatable bonds is 5. The number of nitrogens with zero attached hydrogens (tertiary/aromatic N) is 2. The van der Waals surface area contributed by atoms with Crippen LogP contribution in [0, 0.1) is 17.2 Å². The molecule has 0 radical (unpaired) electrons. The lowest BCUT2D eigenvalue weighted by atomic mass is 10.2. The molecule has 0 fully saturated rings. The molecule has 1 atom stereocenters. The van der Waals surface area contributed by atoms with Crippen molar-refractivity contribution in [2.75, 3.05) is 0 Å². The van der Waals surface area contributed by atoms with Crippen LogP contribution in [0.5, 0.6) is 5.75 Å². The Hall–Kier alpha value is -2.54. The zero-order chi connectivity index (χ0) is 14.4. The highest BCUT2D eigenvalue weighted by Crippen LogP contribution is 2.08. The Labute approximate surface area is 117 Å². The molecule has 1 heterocycles. The maximum absolute atomic E-state index is 12.2. The minimum absolute atomic E-state index is 0.203. The van der Waals surface area contributed by atoms with E-state index in [-0.39, 0.29) is 11.5 Å². The fraction of sp³-hybridized carbons (Fsp3) is 0.250. The molecule has 0 aliphatic heterocycles. The summed E-state index contributed by atoms with van der Waals surface area (Å²) in [5.74, 6) is 0.0959. The first-order chi connectivity index (χ1) is 9.70. The Kier molecular flexibility index (Phi) is 4.56. The average molecular weight is 268 g/mol. The lowest BCUT2D eigenvalue weighted by Gasteiger charge is -2.10. The van der Waals surface area contributed by atoms with Crippen molar-refractivity contribution in [3.63, 3.8) is 0 Å². The minimum Gasteiger partial charge on any atom is -0.483 e. The van der Waals surface area contributed by atoms with Gasteiger partial charge in [0.15, 0.2) is 5.75 Å². The predicted octanol–water partition coefficient (Wildman–Crippen LogP) is 2.59. The lowest BCUT2D eigenvalue weighted by molar-refractivity contribution is 0.298. The van der Waals surface area contributed by atoms with Crippen molar-refractivity contribution < 1.29 is 4.74 Å². The number of hydrogen-bond acceptors (Lipinski definition) is 3. The Morgan fingerprint density at radius 1 is 1.25 bits per heavy atom. The van der Waals surface area contributed by atoms with E-state index in [1.54, 1.807) is 25.3 Å². The van der Waals surface area contributed by atoms with Crippen LogP contribution in [0.25, 0.3) is 0 Å².